The maximum atomic E-state index is 11.4. The average Bonchev–Trinajstić information content (AvgIpc) is 2.33. The van der Waals surface area contributed by atoms with E-state index in [-0.39, 0.29) is 16.9 Å². The Bertz CT molecular complexity index is 637. The maximum Gasteiger partial charge on any atom is 0.311 e. The summed E-state index contributed by atoms with van der Waals surface area (Å²) in [5.41, 5.74) is -0.453. The highest BCUT2D eigenvalue weighted by Gasteiger charge is 2.28. The van der Waals surface area contributed by atoms with Gasteiger partial charge in [0, 0.05) is 17.9 Å². The third-order valence-corrected chi connectivity index (χ3v) is 3.99. The predicted octanol–water partition coefficient (Wildman–Crippen LogP) is 1.97. The Labute approximate surface area is 116 Å². The first-order chi connectivity index (χ1) is 9.18. The highest BCUT2D eigenvalue weighted by molar-refractivity contribution is 7.90. The van der Waals surface area contributed by atoms with Crippen molar-refractivity contribution in [2.75, 3.05) is 6.26 Å². The van der Waals surface area contributed by atoms with Gasteiger partial charge in [0.25, 0.3) is 5.69 Å². The van der Waals surface area contributed by atoms with Crippen molar-refractivity contribution < 1.29 is 23.2 Å². The van der Waals surface area contributed by atoms with Crippen molar-refractivity contribution in [3.63, 3.8) is 0 Å². The molecule has 110 valence electrons. The van der Waals surface area contributed by atoms with Crippen LogP contribution in [0.2, 0.25) is 0 Å². The summed E-state index contributed by atoms with van der Waals surface area (Å²) in [6.45, 7) is 1.77. The van der Waals surface area contributed by atoms with Gasteiger partial charge in [0.2, 0.25) is 0 Å². The minimum absolute atomic E-state index is 0.0248. The van der Waals surface area contributed by atoms with Gasteiger partial charge in [0.1, 0.15) is 0 Å². The van der Waals surface area contributed by atoms with Gasteiger partial charge in [-0.1, -0.05) is 19.4 Å². The van der Waals surface area contributed by atoms with Gasteiger partial charge in [-0.25, -0.2) is 8.42 Å². The zero-order chi connectivity index (χ0) is 15.5. The van der Waals surface area contributed by atoms with Crippen molar-refractivity contribution in [1.82, 2.24) is 0 Å². The number of nitrogens with zero attached hydrogens (tertiary/aromatic N) is 1. The molecular formula is C12H15NO6S. The first kappa shape index (κ1) is 16.1. The quantitative estimate of drug-likeness (QED) is 0.634. The second-order valence-corrected chi connectivity index (χ2v) is 6.45. The Morgan fingerprint density at radius 3 is 2.45 bits per heavy atom. The summed E-state index contributed by atoms with van der Waals surface area (Å²) < 4.78 is 22.8. The van der Waals surface area contributed by atoms with Crippen LogP contribution in [0.3, 0.4) is 0 Å². The lowest BCUT2D eigenvalue weighted by molar-refractivity contribution is -0.385. The summed E-state index contributed by atoms with van der Waals surface area (Å²) in [6.07, 6.45) is 1.72. The van der Waals surface area contributed by atoms with Crippen LogP contribution in [0.4, 0.5) is 5.69 Å². The van der Waals surface area contributed by atoms with E-state index in [1.165, 1.54) is 12.1 Å². The van der Waals surface area contributed by atoms with Gasteiger partial charge < -0.3 is 5.11 Å². The Kier molecular flexibility index (Phi) is 4.83. The fourth-order valence-electron chi connectivity index (χ4n) is 1.91. The Balaban J connectivity index is 3.47. The summed E-state index contributed by atoms with van der Waals surface area (Å²) >= 11 is 0. The lowest BCUT2D eigenvalue weighted by Gasteiger charge is -2.12. The number of carboxylic acid groups (broad SMARTS) is 1. The number of hydrogen-bond acceptors (Lipinski definition) is 5. The summed E-state index contributed by atoms with van der Waals surface area (Å²) in [5, 5.41) is 20.2. The first-order valence-electron chi connectivity index (χ1n) is 5.89. The molecule has 1 aromatic carbocycles. The maximum absolute atomic E-state index is 11.4. The number of nitro groups is 1. The smallest absolute Gasteiger partial charge is 0.311 e. The Hall–Kier alpha value is -1.96. The summed E-state index contributed by atoms with van der Waals surface area (Å²) in [6, 6.07) is 3.32. The molecule has 1 N–H and O–H groups in total. The fourth-order valence-corrected chi connectivity index (χ4v) is 2.55. The van der Waals surface area contributed by atoms with Crippen LogP contribution in [0.15, 0.2) is 23.1 Å². The van der Waals surface area contributed by atoms with Gasteiger partial charge in [-0.05, 0) is 12.5 Å². The van der Waals surface area contributed by atoms with E-state index in [4.69, 9.17) is 5.11 Å². The number of benzene rings is 1. The van der Waals surface area contributed by atoms with Crippen molar-refractivity contribution in [1.29, 1.82) is 0 Å². The van der Waals surface area contributed by atoms with Crippen LogP contribution < -0.4 is 0 Å². The van der Waals surface area contributed by atoms with Gasteiger partial charge in [-0.3, -0.25) is 14.9 Å². The van der Waals surface area contributed by atoms with E-state index >= 15 is 0 Å². The van der Waals surface area contributed by atoms with Crippen molar-refractivity contribution >= 4 is 21.5 Å². The van der Waals surface area contributed by atoms with Crippen LogP contribution in [0.1, 0.15) is 31.2 Å². The number of carboxylic acids is 1. The van der Waals surface area contributed by atoms with Gasteiger partial charge in [0.05, 0.1) is 15.7 Å². The van der Waals surface area contributed by atoms with Gasteiger partial charge in [-0.2, -0.15) is 0 Å². The number of aliphatic carboxylic acids is 1. The van der Waals surface area contributed by atoms with Crippen molar-refractivity contribution in [2.24, 2.45) is 0 Å². The molecule has 0 aromatic heterocycles. The molecule has 0 fully saturated rings. The van der Waals surface area contributed by atoms with Gasteiger partial charge >= 0.3 is 5.97 Å². The molecule has 0 spiro atoms. The molecule has 20 heavy (non-hydrogen) atoms. The largest absolute Gasteiger partial charge is 0.481 e. The molecule has 0 bridgehead atoms. The average molecular weight is 301 g/mol. The molecule has 1 atom stereocenters. The summed E-state index contributed by atoms with van der Waals surface area (Å²) in [5.74, 6) is -2.18. The SMILES string of the molecule is CCCC(C(=O)O)c1ccc(S(C)(=O)=O)cc1[N+](=O)[O-]. The van der Waals surface area contributed by atoms with Crippen LogP contribution in [0, 0.1) is 10.1 Å². The van der Waals surface area contributed by atoms with E-state index in [1.807, 2.05) is 0 Å². The second-order valence-electron chi connectivity index (χ2n) is 4.43. The summed E-state index contributed by atoms with van der Waals surface area (Å²) in [4.78, 5) is 21.3. The number of sulfone groups is 1. The molecule has 0 aliphatic heterocycles. The van der Waals surface area contributed by atoms with Crippen LogP contribution in [0.5, 0.6) is 0 Å². The molecule has 0 aliphatic rings. The molecule has 1 unspecified atom stereocenters. The molecular weight excluding hydrogens is 286 g/mol. The molecule has 8 heteroatoms. The van der Waals surface area contributed by atoms with E-state index in [0.29, 0.717) is 6.42 Å². The van der Waals surface area contributed by atoms with Crippen LogP contribution >= 0.6 is 0 Å². The van der Waals surface area contributed by atoms with Gasteiger partial charge in [0.15, 0.2) is 9.84 Å². The fraction of sp³-hybridized carbons (Fsp3) is 0.417. The number of carbonyl (C=O) groups is 1. The zero-order valence-corrected chi connectivity index (χ0v) is 11.9. The highest BCUT2D eigenvalue weighted by atomic mass is 32.2. The molecule has 0 aliphatic carbocycles. The minimum atomic E-state index is -3.59. The lowest BCUT2D eigenvalue weighted by atomic mass is 9.93. The minimum Gasteiger partial charge on any atom is -0.481 e. The first-order valence-corrected chi connectivity index (χ1v) is 7.78. The molecule has 1 rings (SSSR count). The van der Waals surface area contributed by atoms with Crippen LogP contribution in [-0.4, -0.2) is 30.7 Å². The topological polar surface area (TPSA) is 115 Å². The second kappa shape index (κ2) is 6.00. The van der Waals surface area contributed by atoms with E-state index < -0.39 is 32.3 Å². The standard InChI is InChI=1S/C12H15NO6S/c1-3-4-10(12(14)15)9-6-5-8(20(2,18)19)7-11(9)13(16)17/h5-7,10H,3-4H2,1-2H3,(H,14,15). The third kappa shape index (κ3) is 3.53. The number of hydrogen-bond donors (Lipinski definition) is 1. The van der Waals surface area contributed by atoms with Crippen molar-refractivity contribution in [3.05, 3.63) is 33.9 Å². The van der Waals surface area contributed by atoms with Crippen molar-refractivity contribution in [2.45, 2.75) is 30.6 Å². The predicted molar refractivity (Wildman–Crippen MR) is 71.5 cm³/mol. The van der Waals surface area contributed by atoms with E-state index in [1.54, 1.807) is 6.92 Å². The Morgan fingerprint density at radius 2 is 2.05 bits per heavy atom. The zero-order valence-electron chi connectivity index (χ0n) is 11.1. The van der Waals surface area contributed by atoms with Crippen molar-refractivity contribution in [3.8, 4) is 0 Å². The molecule has 0 radical (unpaired) electrons. The Morgan fingerprint density at radius 1 is 1.45 bits per heavy atom. The molecule has 0 saturated carbocycles. The lowest BCUT2D eigenvalue weighted by Crippen LogP contribution is -2.14. The molecule has 0 amide bonds. The molecule has 7 nitrogen and oxygen atoms in total. The molecule has 0 saturated heterocycles. The highest BCUT2D eigenvalue weighted by Crippen LogP contribution is 2.32. The number of nitro benzene ring substituents is 1. The number of rotatable bonds is 6. The molecule has 0 heterocycles. The monoisotopic (exact) mass is 301 g/mol. The van der Waals surface area contributed by atoms with Gasteiger partial charge in [-0.15, -0.1) is 0 Å². The van der Waals surface area contributed by atoms with E-state index in [0.717, 1.165) is 12.3 Å². The van der Waals surface area contributed by atoms with E-state index in [2.05, 4.69) is 0 Å². The molecule has 1 aromatic rings. The van der Waals surface area contributed by atoms with Crippen LogP contribution in [-0.2, 0) is 14.6 Å². The normalized spacial score (nSPS) is 12.9. The van der Waals surface area contributed by atoms with Crippen LogP contribution in [0.25, 0.3) is 0 Å². The summed E-state index contributed by atoms with van der Waals surface area (Å²) in [7, 11) is -3.59. The third-order valence-electron chi connectivity index (χ3n) is 2.88. The van der Waals surface area contributed by atoms with E-state index in [9.17, 15) is 23.3 Å².